The molecule has 468 valence electrons. The summed E-state index contributed by atoms with van der Waals surface area (Å²) >= 11 is 0. The number of allylic oxidation sites excluding steroid dienone is 7. The van der Waals surface area contributed by atoms with Gasteiger partial charge in [-0.2, -0.15) is 0 Å². The van der Waals surface area contributed by atoms with Crippen LogP contribution in [-0.2, 0) is 23.7 Å². The molecule has 2 aliphatic heterocycles. The zero-order valence-electron chi connectivity index (χ0n) is 50.6. The van der Waals surface area contributed by atoms with Crippen LogP contribution in [0, 0.1) is 0 Å². The van der Waals surface area contributed by atoms with E-state index in [2.05, 4.69) is 55.6 Å². The molecule has 2 aliphatic rings. The smallest absolute Gasteiger partial charge is 0.220 e. The summed E-state index contributed by atoms with van der Waals surface area (Å²) in [5.41, 5.74) is 0. The highest BCUT2D eigenvalue weighted by atomic mass is 16.7. The van der Waals surface area contributed by atoms with Gasteiger partial charge >= 0.3 is 0 Å². The molecule has 12 atom stereocenters. The molecule has 0 aliphatic carbocycles. The van der Waals surface area contributed by atoms with Crippen LogP contribution >= 0.6 is 0 Å². The van der Waals surface area contributed by atoms with Gasteiger partial charge in [-0.1, -0.05) is 249 Å². The number of rotatable bonds is 53. The Morgan fingerprint density at radius 1 is 0.450 bits per heavy atom. The molecule has 0 spiro atoms. The van der Waals surface area contributed by atoms with Crippen LogP contribution in [0.3, 0.4) is 0 Å². The average molecular weight is 1140 g/mol. The SMILES string of the molecule is CCCCCC/C=C\C/C=C\CCCCCCCCCC(=O)NC(COC1OC(CO)C(OC2OC(CO)C(O)C(O)C2O)C(O)C1O)C(O)/C=C/CC/C=C/CCCCCCCCCCCCCCCCCCCCCCCC. The number of hydrogen-bond acceptors (Lipinski definition) is 13. The fourth-order valence-corrected chi connectivity index (χ4v) is 10.7. The standard InChI is InChI=1S/C66H121NO13/c1-3-5-7-9-11-13-15-17-19-21-23-24-25-26-27-28-29-30-31-32-33-35-37-39-41-43-45-47-49-55(70)54(67-58(71)50-48-46-44-42-40-38-36-34-22-20-18-16-14-12-10-8-6-4-2)53-77-65-63(76)61(74)64(57(52-69)79-65)80-66-62(75)60(73)59(72)56(51-68)78-66/h14,16,20,22,39,41,47,49,54-57,59-66,68-70,72-76H,3-13,15,17-19,21,23-38,40,42-46,48,50-53H2,1-2H3,(H,67,71)/b16-14-,22-20-,41-39+,49-47+. The van der Waals surface area contributed by atoms with Gasteiger partial charge in [0, 0.05) is 6.42 Å². The van der Waals surface area contributed by atoms with E-state index in [0.29, 0.717) is 12.8 Å². The molecule has 2 fully saturated rings. The Bertz CT molecular complexity index is 1530. The van der Waals surface area contributed by atoms with Crippen molar-refractivity contribution in [3.05, 3.63) is 48.6 Å². The highest BCUT2D eigenvalue weighted by molar-refractivity contribution is 5.76. The first kappa shape index (κ1) is 74.1. The van der Waals surface area contributed by atoms with Crippen molar-refractivity contribution in [3.63, 3.8) is 0 Å². The second kappa shape index (κ2) is 51.4. The van der Waals surface area contributed by atoms with E-state index in [-0.39, 0.29) is 18.9 Å². The van der Waals surface area contributed by atoms with Crippen LogP contribution in [0.2, 0.25) is 0 Å². The zero-order chi connectivity index (χ0) is 58.1. The van der Waals surface area contributed by atoms with E-state index >= 15 is 0 Å². The Morgan fingerprint density at radius 2 is 0.838 bits per heavy atom. The number of aliphatic hydroxyl groups excluding tert-OH is 8. The summed E-state index contributed by atoms with van der Waals surface area (Å²) in [6.45, 7) is 2.78. The van der Waals surface area contributed by atoms with Crippen molar-refractivity contribution in [3.8, 4) is 0 Å². The quantitative estimate of drug-likeness (QED) is 0.0204. The van der Waals surface area contributed by atoms with E-state index in [1.165, 1.54) is 186 Å². The lowest BCUT2D eigenvalue weighted by Crippen LogP contribution is -2.65. The Kier molecular flexibility index (Phi) is 47.6. The van der Waals surface area contributed by atoms with E-state index in [0.717, 1.165) is 51.4 Å². The van der Waals surface area contributed by atoms with Crippen LogP contribution < -0.4 is 5.32 Å². The van der Waals surface area contributed by atoms with E-state index in [4.69, 9.17) is 18.9 Å². The van der Waals surface area contributed by atoms with Gasteiger partial charge in [0.1, 0.15) is 48.8 Å². The Hall–Kier alpha value is -2.05. The van der Waals surface area contributed by atoms with Gasteiger partial charge in [0.05, 0.1) is 32.0 Å². The molecule has 1 amide bonds. The van der Waals surface area contributed by atoms with Crippen molar-refractivity contribution in [1.29, 1.82) is 0 Å². The van der Waals surface area contributed by atoms with E-state index in [1.54, 1.807) is 6.08 Å². The maximum absolute atomic E-state index is 13.3. The lowest BCUT2D eigenvalue weighted by atomic mass is 9.97. The summed E-state index contributed by atoms with van der Waals surface area (Å²) < 4.78 is 22.8. The lowest BCUT2D eigenvalue weighted by molar-refractivity contribution is -0.359. The van der Waals surface area contributed by atoms with Crippen molar-refractivity contribution in [2.24, 2.45) is 0 Å². The first-order chi connectivity index (χ1) is 39.1. The van der Waals surface area contributed by atoms with Gasteiger partial charge in [-0.25, -0.2) is 0 Å². The van der Waals surface area contributed by atoms with Gasteiger partial charge < -0.3 is 65.1 Å². The highest BCUT2D eigenvalue weighted by Gasteiger charge is 2.51. The molecule has 2 rings (SSSR count). The highest BCUT2D eigenvalue weighted by Crippen LogP contribution is 2.30. The molecule has 14 nitrogen and oxygen atoms in total. The number of aliphatic hydroxyl groups is 8. The maximum atomic E-state index is 13.3. The number of amides is 1. The fraction of sp³-hybridized carbons (Fsp3) is 0.864. The largest absolute Gasteiger partial charge is 0.394 e. The molecule has 9 N–H and O–H groups in total. The summed E-state index contributed by atoms with van der Waals surface area (Å²) in [5.74, 6) is -0.256. The van der Waals surface area contributed by atoms with Crippen molar-refractivity contribution >= 4 is 5.91 Å². The van der Waals surface area contributed by atoms with Crippen molar-refractivity contribution < 1.29 is 64.6 Å². The molecular formula is C66H121NO13. The first-order valence-electron chi connectivity index (χ1n) is 32.9. The normalized spacial score (nSPS) is 24.5. The van der Waals surface area contributed by atoms with E-state index < -0.39 is 86.8 Å². The molecule has 0 aromatic carbocycles. The molecule has 2 heterocycles. The summed E-state index contributed by atoms with van der Waals surface area (Å²) in [5, 5.41) is 87.2. The van der Waals surface area contributed by atoms with Gasteiger partial charge in [-0.3, -0.25) is 4.79 Å². The minimum atomic E-state index is -1.79. The van der Waals surface area contributed by atoms with Crippen LogP contribution in [0.1, 0.15) is 271 Å². The molecule has 0 saturated carbocycles. The number of nitrogens with one attached hydrogen (secondary N) is 1. The third-order valence-electron chi connectivity index (χ3n) is 16.0. The molecule has 0 bridgehead atoms. The Labute approximate surface area is 486 Å². The lowest BCUT2D eigenvalue weighted by Gasteiger charge is -2.46. The van der Waals surface area contributed by atoms with Crippen LogP contribution in [0.5, 0.6) is 0 Å². The molecule has 0 radical (unpaired) electrons. The molecule has 0 aromatic rings. The average Bonchev–Trinajstić information content (AvgIpc) is 3.46. The number of carbonyl (C=O) groups excluding carboxylic acids is 1. The van der Waals surface area contributed by atoms with Gasteiger partial charge in [0.15, 0.2) is 12.6 Å². The zero-order valence-corrected chi connectivity index (χ0v) is 50.6. The van der Waals surface area contributed by atoms with E-state index in [1.807, 2.05) is 6.08 Å². The summed E-state index contributed by atoms with van der Waals surface area (Å²) in [6.07, 6.45) is 48.8. The number of ether oxygens (including phenoxy) is 4. The molecule has 14 heteroatoms. The maximum Gasteiger partial charge on any atom is 0.220 e. The number of carbonyl (C=O) groups is 1. The third kappa shape index (κ3) is 35.9. The molecule has 2 saturated heterocycles. The molecule has 12 unspecified atom stereocenters. The van der Waals surface area contributed by atoms with Gasteiger partial charge in [0.2, 0.25) is 5.91 Å². The van der Waals surface area contributed by atoms with Crippen LogP contribution in [0.25, 0.3) is 0 Å². The predicted molar refractivity (Wildman–Crippen MR) is 323 cm³/mol. The van der Waals surface area contributed by atoms with Gasteiger partial charge in [-0.15, -0.1) is 0 Å². The first-order valence-corrected chi connectivity index (χ1v) is 32.9. The molecule has 80 heavy (non-hydrogen) atoms. The minimum absolute atomic E-state index is 0.256. The van der Waals surface area contributed by atoms with Gasteiger partial charge in [-0.05, 0) is 64.2 Å². The topological polar surface area (TPSA) is 228 Å². The second-order valence-corrected chi connectivity index (χ2v) is 23.2. The number of unbranched alkanes of at least 4 members (excludes halogenated alkanes) is 34. The van der Waals surface area contributed by atoms with Crippen molar-refractivity contribution in [1.82, 2.24) is 5.32 Å². The molecular weight excluding hydrogens is 1010 g/mol. The van der Waals surface area contributed by atoms with Crippen molar-refractivity contribution in [2.75, 3.05) is 19.8 Å². The Balaban J connectivity index is 1.73. The van der Waals surface area contributed by atoms with E-state index in [9.17, 15) is 45.6 Å². The van der Waals surface area contributed by atoms with Crippen molar-refractivity contribution in [2.45, 2.75) is 344 Å². The van der Waals surface area contributed by atoms with Crippen LogP contribution in [0.4, 0.5) is 0 Å². The van der Waals surface area contributed by atoms with Crippen LogP contribution in [-0.4, -0.2) is 140 Å². The summed E-state index contributed by atoms with van der Waals surface area (Å²) in [4.78, 5) is 13.3. The number of hydrogen-bond donors (Lipinski definition) is 9. The fourth-order valence-electron chi connectivity index (χ4n) is 10.7. The second-order valence-electron chi connectivity index (χ2n) is 23.2. The third-order valence-corrected chi connectivity index (χ3v) is 16.0. The summed E-state index contributed by atoms with van der Waals surface area (Å²) in [6, 6.07) is -0.938. The predicted octanol–water partition coefficient (Wildman–Crippen LogP) is 12.3. The van der Waals surface area contributed by atoms with Gasteiger partial charge in [0.25, 0.3) is 0 Å². The monoisotopic (exact) mass is 1140 g/mol. The van der Waals surface area contributed by atoms with Crippen LogP contribution in [0.15, 0.2) is 48.6 Å². The minimum Gasteiger partial charge on any atom is -0.394 e. The summed E-state index contributed by atoms with van der Waals surface area (Å²) in [7, 11) is 0. The Morgan fingerprint density at radius 3 is 1.31 bits per heavy atom. The molecule has 0 aromatic heterocycles.